The molecule has 6 heteroatoms. The van der Waals surface area contributed by atoms with Gasteiger partial charge >= 0.3 is 0 Å². The van der Waals surface area contributed by atoms with Gasteiger partial charge in [0.1, 0.15) is 0 Å². The number of halogens is 1. The fourth-order valence-corrected chi connectivity index (χ4v) is 3.24. The van der Waals surface area contributed by atoms with Gasteiger partial charge in [0.15, 0.2) is 10.4 Å². The van der Waals surface area contributed by atoms with E-state index in [-0.39, 0.29) is 30.0 Å². The maximum atomic E-state index is 12.4. The van der Waals surface area contributed by atoms with Crippen LogP contribution in [-0.4, -0.2) is 11.8 Å². The zero-order valence-electron chi connectivity index (χ0n) is 16.4. The summed E-state index contributed by atoms with van der Waals surface area (Å²) >= 11 is 3.17. The number of carbonyl (C=O) groups excluding carboxylic acids is 2. The molecule has 0 saturated carbocycles. The molecule has 0 radical (unpaired) electrons. The predicted octanol–water partition coefficient (Wildman–Crippen LogP) is 5.28. The molecule has 5 nitrogen and oxygen atoms in total. The van der Waals surface area contributed by atoms with E-state index in [1.807, 2.05) is 19.1 Å². The Kier molecular flexibility index (Phi) is 6.88. The summed E-state index contributed by atoms with van der Waals surface area (Å²) in [6.07, 6.45) is 1.27. The third kappa shape index (κ3) is 5.81. The summed E-state index contributed by atoms with van der Waals surface area (Å²) in [5.41, 5.74) is 3.86. The number of aryl methyl sites for hydroxylation is 1. The second kappa shape index (κ2) is 9.56. The fourth-order valence-electron chi connectivity index (χ4n) is 2.94. The van der Waals surface area contributed by atoms with Crippen molar-refractivity contribution in [3.8, 4) is 0 Å². The third-order valence-electron chi connectivity index (χ3n) is 4.64. The van der Waals surface area contributed by atoms with E-state index in [4.69, 9.17) is 4.42 Å². The molecule has 150 valence electrons. The van der Waals surface area contributed by atoms with E-state index in [2.05, 4.69) is 57.8 Å². The van der Waals surface area contributed by atoms with Crippen molar-refractivity contribution < 1.29 is 14.0 Å². The summed E-state index contributed by atoms with van der Waals surface area (Å²) in [4.78, 5) is 24.5. The monoisotopic (exact) mass is 454 g/mol. The van der Waals surface area contributed by atoms with Gasteiger partial charge in [-0.05, 0) is 70.2 Å². The molecule has 3 rings (SSSR count). The van der Waals surface area contributed by atoms with Gasteiger partial charge in [-0.15, -0.1) is 0 Å². The molecule has 0 bridgehead atoms. The Morgan fingerprint density at radius 3 is 2.21 bits per heavy atom. The lowest BCUT2D eigenvalue weighted by molar-refractivity contribution is -0.121. The minimum Gasteiger partial charge on any atom is -0.444 e. The molecule has 3 aromatic rings. The molecule has 0 saturated heterocycles. The van der Waals surface area contributed by atoms with E-state index in [0.717, 1.165) is 17.5 Å². The van der Waals surface area contributed by atoms with Crippen LogP contribution in [0.2, 0.25) is 0 Å². The van der Waals surface area contributed by atoms with Crippen LogP contribution in [0.3, 0.4) is 0 Å². The highest BCUT2D eigenvalue weighted by Gasteiger charge is 2.12. The average Bonchev–Trinajstić information content (AvgIpc) is 3.16. The van der Waals surface area contributed by atoms with Crippen LogP contribution < -0.4 is 10.6 Å². The number of furan rings is 1. The van der Waals surface area contributed by atoms with Crippen LogP contribution in [0, 0.1) is 0 Å². The van der Waals surface area contributed by atoms with Crippen molar-refractivity contribution in [3.63, 3.8) is 0 Å². The first-order valence-corrected chi connectivity index (χ1v) is 10.3. The summed E-state index contributed by atoms with van der Waals surface area (Å²) in [6, 6.07) is 18.7. The van der Waals surface area contributed by atoms with Gasteiger partial charge in [0, 0.05) is 5.69 Å². The summed E-state index contributed by atoms with van der Waals surface area (Å²) in [6.45, 7) is 4.09. The highest BCUT2D eigenvalue weighted by molar-refractivity contribution is 9.10. The van der Waals surface area contributed by atoms with Crippen molar-refractivity contribution in [2.45, 2.75) is 32.7 Å². The average molecular weight is 455 g/mol. The van der Waals surface area contributed by atoms with Crippen molar-refractivity contribution in [2.24, 2.45) is 0 Å². The van der Waals surface area contributed by atoms with Gasteiger partial charge in [0.25, 0.3) is 5.91 Å². The standard InChI is InChI=1S/C23H23BrN2O3/c1-3-16-4-8-18(9-5-16)15(2)25-22(27)14-17-6-10-19(11-7-17)26-23(28)20-12-13-21(24)29-20/h4-13,15H,3,14H2,1-2H3,(H,25,27)(H,26,28). The van der Waals surface area contributed by atoms with E-state index in [9.17, 15) is 9.59 Å². The molecular formula is C23H23BrN2O3. The SMILES string of the molecule is CCc1ccc(C(C)NC(=O)Cc2ccc(NC(=O)c3ccc(Br)o3)cc2)cc1. The van der Waals surface area contributed by atoms with E-state index >= 15 is 0 Å². The molecule has 0 aliphatic rings. The number of hydrogen-bond donors (Lipinski definition) is 2. The molecule has 1 aromatic heterocycles. The molecule has 2 aromatic carbocycles. The van der Waals surface area contributed by atoms with E-state index in [1.165, 1.54) is 5.56 Å². The number of amides is 2. The van der Waals surface area contributed by atoms with Crippen LogP contribution in [0.4, 0.5) is 5.69 Å². The highest BCUT2D eigenvalue weighted by atomic mass is 79.9. The molecule has 2 amide bonds. The van der Waals surface area contributed by atoms with Crippen molar-refractivity contribution in [2.75, 3.05) is 5.32 Å². The van der Waals surface area contributed by atoms with Crippen molar-refractivity contribution in [3.05, 3.63) is 87.8 Å². The maximum absolute atomic E-state index is 12.4. The number of carbonyl (C=O) groups is 2. The number of rotatable bonds is 7. The summed E-state index contributed by atoms with van der Waals surface area (Å²) in [7, 11) is 0. The first-order chi connectivity index (χ1) is 13.9. The Morgan fingerprint density at radius 2 is 1.62 bits per heavy atom. The first kappa shape index (κ1) is 20.9. The van der Waals surface area contributed by atoms with E-state index in [0.29, 0.717) is 10.4 Å². The van der Waals surface area contributed by atoms with Crippen LogP contribution in [0.1, 0.15) is 47.1 Å². The zero-order chi connectivity index (χ0) is 20.8. The smallest absolute Gasteiger partial charge is 0.291 e. The van der Waals surface area contributed by atoms with E-state index in [1.54, 1.807) is 24.3 Å². The largest absolute Gasteiger partial charge is 0.444 e. The number of hydrogen-bond acceptors (Lipinski definition) is 3. The molecule has 1 atom stereocenters. The van der Waals surface area contributed by atoms with Crippen molar-refractivity contribution in [1.82, 2.24) is 5.32 Å². The molecule has 0 fully saturated rings. The van der Waals surface area contributed by atoms with Crippen molar-refractivity contribution >= 4 is 33.4 Å². The topological polar surface area (TPSA) is 71.3 Å². The molecule has 1 heterocycles. The predicted molar refractivity (Wildman–Crippen MR) is 117 cm³/mol. The summed E-state index contributed by atoms with van der Waals surface area (Å²) in [5.74, 6) is -0.153. The van der Waals surface area contributed by atoms with Gasteiger partial charge in [0.05, 0.1) is 12.5 Å². The van der Waals surface area contributed by atoms with Gasteiger partial charge in [-0.1, -0.05) is 43.3 Å². The van der Waals surface area contributed by atoms with Crippen LogP contribution in [-0.2, 0) is 17.6 Å². The Hall–Kier alpha value is -2.86. The lowest BCUT2D eigenvalue weighted by Crippen LogP contribution is -2.28. The van der Waals surface area contributed by atoms with Gasteiger partial charge < -0.3 is 15.1 Å². The van der Waals surface area contributed by atoms with Gasteiger partial charge in [0.2, 0.25) is 5.91 Å². The van der Waals surface area contributed by atoms with Crippen LogP contribution in [0.5, 0.6) is 0 Å². The Morgan fingerprint density at radius 1 is 0.966 bits per heavy atom. The Balaban J connectivity index is 1.53. The lowest BCUT2D eigenvalue weighted by Gasteiger charge is -2.15. The number of anilines is 1. The minimum absolute atomic E-state index is 0.0470. The number of benzene rings is 2. The molecule has 0 spiro atoms. The quantitative estimate of drug-likeness (QED) is 0.510. The second-order valence-corrected chi connectivity index (χ2v) is 7.60. The van der Waals surface area contributed by atoms with Crippen LogP contribution in [0.25, 0.3) is 0 Å². The molecule has 29 heavy (non-hydrogen) atoms. The Bertz CT molecular complexity index is 978. The Labute approximate surface area is 178 Å². The fraction of sp³-hybridized carbons (Fsp3) is 0.217. The lowest BCUT2D eigenvalue weighted by atomic mass is 10.0. The second-order valence-electron chi connectivity index (χ2n) is 6.82. The molecule has 0 aliphatic carbocycles. The van der Waals surface area contributed by atoms with Crippen LogP contribution >= 0.6 is 15.9 Å². The first-order valence-electron chi connectivity index (χ1n) is 9.48. The third-order valence-corrected chi connectivity index (χ3v) is 5.07. The maximum Gasteiger partial charge on any atom is 0.291 e. The molecular weight excluding hydrogens is 432 g/mol. The molecule has 2 N–H and O–H groups in total. The summed E-state index contributed by atoms with van der Waals surface area (Å²) in [5, 5.41) is 5.79. The van der Waals surface area contributed by atoms with E-state index < -0.39 is 0 Å². The van der Waals surface area contributed by atoms with Gasteiger partial charge in [-0.2, -0.15) is 0 Å². The van der Waals surface area contributed by atoms with Crippen molar-refractivity contribution in [1.29, 1.82) is 0 Å². The van der Waals surface area contributed by atoms with Crippen LogP contribution in [0.15, 0.2) is 69.8 Å². The van der Waals surface area contributed by atoms with Gasteiger partial charge in [-0.3, -0.25) is 9.59 Å². The van der Waals surface area contributed by atoms with Gasteiger partial charge in [-0.25, -0.2) is 0 Å². The summed E-state index contributed by atoms with van der Waals surface area (Å²) < 4.78 is 5.73. The molecule has 1 unspecified atom stereocenters. The minimum atomic E-state index is -0.330. The highest BCUT2D eigenvalue weighted by Crippen LogP contribution is 2.17. The molecule has 0 aliphatic heterocycles. The zero-order valence-corrected chi connectivity index (χ0v) is 18.0. The normalized spacial score (nSPS) is 11.7. The number of nitrogens with one attached hydrogen (secondary N) is 2.